The zero-order valence-electron chi connectivity index (χ0n) is 17.9. The van der Waals surface area contributed by atoms with Crippen LogP contribution in [0.5, 0.6) is 0 Å². The molecule has 5 rings (SSSR count). The molecule has 1 aliphatic rings. The third kappa shape index (κ3) is 4.64. The van der Waals surface area contributed by atoms with Gasteiger partial charge in [0.15, 0.2) is 5.65 Å². The minimum atomic E-state index is -0.276. The molecular formula is C25H24FN5O2. The Morgan fingerprint density at radius 1 is 1.06 bits per heavy atom. The van der Waals surface area contributed by atoms with E-state index in [1.165, 1.54) is 15.1 Å². The van der Waals surface area contributed by atoms with Gasteiger partial charge in [0, 0.05) is 17.9 Å². The Labute approximate surface area is 189 Å². The van der Waals surface area contributed by atoms with E-state index in [-0.39, 0.29) is 29.5 Å². The zero-order valence-corrected chi connectivity index (χ0v) is 17.9. The maximum atomic E-state index is 13.5. The van der Waals surface area contributed by atoms with Crippen molar-refractivity contribution in [3.63, 3.8) is 0 Å². The normalized spacial score (nSPS) is 17.8. The molecule has 168 valence electrons. The molecule has 2 unspecified atom stereocenters. The lowest BCUT2D eigenvalue weighted by Crippen LogP contribution is -2.36. The van der Waals surface area contributed by atoms with Crippen LogP contribution < -0.4 is 16.3 Å². The second kappa shape index (κ2) is 8.90. The van der Waals surface area contributed by atoms with Crippen molar-refractivity contribution in [2.24, 2.45) is 0 Å². The molecule has 0 bridgehead atoms. The van der Waals surface area contributed by atoms with E-state index in [0.717, 1.165) is 30.4 Å². The van der Waals surface area contributed by atoms with Gasteiger partial charge >= 0.3 is 11.7 Å². The summed E-state index contributed by atoms with van der Waals surface area (Å²) in [4.78, 5) is 25.1. The molecule has 0 radical (unpaired) electrons. The SMILES string of the molecule is O=C(Nc1cccc(Cn2nc3ccccn3c2=O)c1)NC1CCC(c2cccc(F)c2)C1. The molecule has 7 nitrogen and oxygen atoms in total. The quantitative estimate of drug-likeness (QED) is 0.485. The Kier molecular flexibility index (Phi) is 5.64. The van der Waals surface area contributed by atoms with Crippen LogP contribution in [0.3, 0.4) is 0 Å². The van der Waals surface area contributed by atoms with Gasteiger partial charge in [-0.1, -0.05) is 30.3 Å². The fraction of sp³-hybridized carbons (Fsp3) is 0.240. The number of hydrogen-bond donors (Lipinski definition) is 2. The van der Waals surface area contributed by atoms with Gasteiger partial charge in [-0.05, 0) is 72.7 Å². The van der Waals surface area contributed by atoms with E-state index in [4.69, 9.17) is 0 Å². The van der Waals surface area contributed by atoms with Crippen molar-refractivity contribution < 1.29 is 9.18 Å². The number of amides is 2. The second-order valence-corrected chi connectivity index (χ2v) is 8.43. The molecule has 1 fully saturated rings. The van der Waals surface area contributed by atoms with Gasteiger partial charge in [0.05, 0.1) is 6.54 Å². The fourth-order valence-electron chi connectivity index (χ4n) is 4.52. The number of pyridine rings is 1. The van der Waals surface area contributed by atoms with Gasteiger partial charge in [-0.25, -0.2) is 18.7 Å². The number of fused-ring (bicyclic) bond motifs is 1. The number of carbonyl (C=O) groups is 1. The highest BCUT2D eigenvalue weighted by molar-refractivity contribution is 5.89. The number of nitrogens with one attached hydrogen (secondary N) is 2. The maximum Gasteiger partial charge on any atom is 0.350 e. The molecule has 1 aliphatic carbocycles. The van der Waals surface area contributed by atoms with E-state index in [0.29, 0.717) is 17.9 Å². The lowest BCUT2D eigenvalue weighted by atomic mass is 9.97. The fourth-order valence-corrected chi connectivity index (χ4v) is 4.52. The molecular weight excluding hydrogens is 421 g/mol. The molecule has 0 spiro atoms. The van der Waals surface area contributed by atoms with Crippen LogP contribution in [0.4, 0.5) is 14.9 Å². The highest BCUT2D eigenvalue weighted by atomic mass is 19.1. The minimum absolute atomic E-state index is 0.0398. The first-order valence-corrected chi connectivity index (χ1v) is 11.0. The minimum Gasteiger partial charge on any atom is -0.335 e. The lowest BCUT2D eigenvalue weighted by molar-refractivity contribution is 0.248. The monoisotopic (exact) mass is 445 g/mol. The smallest absolute Gasteiger partial charge is 0.335 e. The first-order valence-electron chi connectivity index (χ1n) is 11.0. The standard InChI is InChI=1S/C25H24FN5O2/c26-20-7-4-6-18(14-20)19-10-11-22(15-19)28-24(32)27-21-8-3-5-17(13-21)16-31-25(33)30-12-2-1-9-23(30)29-31/h1-9,12-14,19,22H,10-11,15-16H2,(H2,27,28,32). The maximum absolute atomic E-state index is 13.5. The summed E-state index contributed by atoms with van der Waals surface area (Å²) in [5.41, 5.74) is 2.85. The molecule has 0 aliphatic heterocycles. The van der Waals surface area contributed by atoms with E-state index in [1.54, 1.807) is 36.5 Å². The van der Waals surface area contributed by atoms with Crippen LogP contribution in [0, 0.1) is 5.82 Å². The van der Waals surface area contributed by atoms with Gasteiger partial charge in [0.1, 0.15) is 5.82 Å². The molecule has 2 amide bonds. The molecule has 2 heterocycles. The predicted octanol–water partition coefficient (Wildman–Crippen LogP) is 4.14. The van der Waals surface area contributed by atoms with Crippen LogP contribution in [0.15, 0.2) is 77.7 Å². The largest absolute Gasteiger partial charge is 0.350 e. The first kappa shape index (κ1) is 20.9. The van der Waals surface area contributed by atoms with Gasteiger partial charge < -0.3 is 10.6 Å². The van der Waals surface area contributed by atoms with E-state index in [2.05, 4.69) is 15.7 Å². The first-order chi connectivity index (χ1) is 16.0. The van der Waals surface area contributed by atoms with Crippen LogP contribution in [0.1, 0.15) is 36.3 Å². The number of aromatic nitrogens is 3. The van der Waals surface area contributed by atoms with E-state index in [9.17, 15) is 14.0 Å². The Hall–Kier alpha value is -3.94. The summed E-state index contributed by atoms with van der Waals surface area (Å²) < 4.78 is 16.4. The van der Waals surface area contributed by atoms with E-state index in [1.807, 2.05) is 30.3 Å². The summed E-state index contributed by atoms with van der Waals surface area (Å²) in [5.74, 6) is 0.0190. The Morgan fingerprint density at radius 2 is 1.94 bits per heavy atom. The predicted molar refractivity (Wildman–Crippen MR) is 124 cm³/mol. The van der Waals surface area contributed by atoms with Crippen LogP contribution in [-0.2, 0) is 6.54 Å². The van der Waals surface area contributed by atoms with Crippen LogP contribution in [-0.4, -0.2) is 26.3 Å². The molecule has 2 aromatic heterocycles. The summed E-state index contributed by atoms with van der Waals surface area (Å²) >= 11 is 0. The molecule has 0 saturated heterocycles. The molecule has 4 aromatic rings. The van der Waals surface area contributed by atoms with Gasteiger partial charge in [-0.2, -0.15) is 0 Å². The number of nitrogens with zero attached hydrogens (tertiary/aromatic N) is 3. The molecule has 8 heteroatoms. The van der Waals surface area contributed by atoms with Crippen molar-refractivity contribution in [1.29, 1.82) is 0 Å². The average Bonchev–Trinajstić information content (AvgIpc) is 3.39. The number of urea groups is 1. The topological polar surface area (TPSA) is 80.4 Å². The van der Waals surface area contributed by atoms with Crippen LogP contribution >= 0.6 is 0 Å². The highest BCUT2D eigenvalue weighted by Crippen LogP contribution is 2.34. The third-order valence-corrected chi connectivity index (χ3v) is 6.09. The van der Waals surface area contributed by atoms with Crippen molar-refractivity contribution in [3.05, 3.63) is 100 Å². The van der Waals surface area contributed by atoms with Gasteiger partial charge in [0.2, 0.25) is 0 Å². The van der Waals surface area contributed by atoms with Crippen molar-refractivity contribution in [3.8, 4) is 0 Å². The molecule has 2 atom stereocenters. The summed E-state index contributed by atoms with van der Waals surface area (Å²) in [6, 6.07) is 19.2. The lowest BCUT2D eigenvalue weighted by Gasteiger charge is -2.15. The number of rotatable bonds is 5. The molecule has 2 N–H and O–H groups in total. The van der Waals surface area contributed by atoms with Gasteiger partial charge in [-0.3, -0.25) is 4.40 Å². The van der Waals surface area contributed by atoms with Gasteiger partial charge in [-0.15, -0.1) is 5.10 Å². The zero-order chi connectivity index (χ0) is 22.8. The van der Waals surface area contributed by atoms with Crippen molar-refractivity contribution in [2.45, 2.75) is 37.8 Å². The third-order valence-electron chi connectivity index (χ3n) is 6.09. The van der Waals surface area contributed by atoms with E-state index >= 15 is 0 Å². The summed E-state index contributed by atoms with van der Waals surface area (Å²) in [7, 11) is 0. The van der Waals surface area contributed by atoms with Crippen LogP contribution in [0.2, 0.25) is 0 Å². The van der Waals surface area contributed by atoms with E-state index < -0.39 is 0 Å². The number of hydrogen-bond acceptors (Lipinski definition) is 3. The average molecular weight is 445 g/mol. The van der Waals surface area contributed by atoms with Crippen molar-refractivity contribution in [1.82, 2.24) is 19.5 Å². The summed E-state index contributed by atoms with van der Waals surface area (Å²) in [6.07, 6.45) is 4.24. The highest BCUT2D eigenvalue weighted by Gasteiger charge is 2.27. The second-order valence-electron chi connectivity index (χ2n) is 8.43. The van der Waals surface area contributed by atoms with Crippen molar-refractivity contribution in [2.75, 3.05) is 5.32 Å². The Bertz CT molecular complexity index is 1360. The van der Waals surface area contributed by atoms with Crippen LogP contribution in [0.25, 0.3) is 5.65 Å². The number of halogens is 1. The summed E-state index contributed by atoms with van der Waals surface area (Å²) in [5, 5.41) is 10.2. The molecule has 2 aromatic carbocycles. The number of benzene rings is 2. The Morgan fingerprint density at radius 3 is 2.79 bits per heavy atom. The van der Waals surface area contributed by atoms with Gasteiger partial charge in [0.25, 0.3) is 0 Å². The number of carbonyl (C=O) groups excluding carboxylic acids is 1. The Balaban J connectivity index is 1.20. The molecule has 33 heavy (non-hydrogen) atoms. The number of anilines is 1. The molecule has 1 saturated carbocycles. The summed E-state index contributed by atoms with van der Waals surface area (Å²) in [6.45, 7) is 0.301. The van der Waals surface area contributed by atoms with Crippen molar-refractivity contribution >= 4 is 17.4 Å².